The molecule has 0 radical (unpaired) electrons. The normalized spacial score (nSPS) is 15.0. The second-order valence-electron chi connectivity index (χ2n) is 8.50. The highest BCUT2D eigenvalue weighted by molar-refractivity contribution is 5.96. The lowest BCUT2D eigenvalue weighted by Gasteiger charge is -2.39. The van der Waals surface area contributed by atoms with Gasteiger partial charge < -0.3 is 9.42 Å². The van der Waals surface area contributed by atoms with Gasteiger partial charge in [-0.1, -0.05) is 43.3 Å². The lowest BCUT2D eigenvalue weighted by molar-refractivity contribution is 0.0594. The minimum absolute atomic E-state index is 0.0628. The Morgan fingerprint density at radius 2 is 1.41 bits per heavy atom. The molecule has 5 nitrogen and oxygen atoms in total. The maximum absolute atomic E-state index is 13.5. The lowest BCUT2D eigenvalue weighted by atomic mass is 9.96. The SMILES string of the molecule is Cc1noc(C(C)C)c1C(=O)N1CCN(C(c2ccc(F)cc2)c2ccc(F)cc2)CC1. The van der Waals surface area contributed by atoms with Gasteiger partial charge in [-0.3, -0.25) is 9.69 Å². The van der Waals surface area contributed by atoms with Crippen molar-refractivity contribution in [2.24, 2.45) is 0 Å². The summed E-state index contributed by atoms with van der Waals surface area (Å²) in [6.45, 7) is 8.09. The van der Waals surface area contributed by atoms with Crippen molar-refractivity contribution in [2.45, 2.75) is 32.7 Å². The number of amides is 1. The van der Waals surface area contributed by atoms with Crippen molar-refractivity contribution in [3.8, 4) is 0 Å². The number of halogens is 2. The molecule has 1 aliphatic heterocycles. The fourth-order valence-electron chi connectivity index (χ4n) is 4.29. The molecule has 32 heavy (non-hydrogen) atoms. The van der Waals surface area contributed by atoms with E-state index in [2.05, 4.69) is 10.1 Å². The van der Waals surface area contributed by atoms with Crippen molar-refractivity contribution < 1.29 is 18.1 Å². The maximum Gasteiger partial charge on any atom is 0.259 e. The quantitative estimate of drug-likeness (QED) is 0.566. The van der Waals surface area contributed by atoms with E-state index in [1.165, 1.54) is 24.3 Å². The maximum atomic E-state index is 13.5. The number of rotatable bonds is 5. The largest absolute Gasteiger partial charge is 0.360 e. The van der Waals surface area contributed by atoms with Crippen LogP contribution in [0.3, 0.4) is 0 Å². The molecule has 0 bridgehead atoms. The molecule has 168 valence electrons. The van der Waals surface area contributed by atoms with E-state index in [0.717, 1.165) is 11.1 Å². The molecule has 0 unspecified atom stereocenters. The number of hydrogen-bond acceptors (Lipinski definition) is 4. The Labute approximate surface area is 186 Å². The number of aryl methyl sites for hydroxylation is 1. The van der Waals surface area contributed by atoms with E-state index < -0.39 is 0 Å². The minimum atomic E-state index is -0.299. The van der Waals surface area contributed by atoms with Crippen LogP contribution in [0, 0.1) is 18.6 Å². The van der Waals surface area contributed by atoms with Crippen LogP contribution in [0.5, 0.6) is 0 Å². The van der Waals surface area contributed by atoms with Crippen LogP contribution < -0.4 is 0 Å². The van der Waals surface area contributed by atoms with Gasteiger partial charge in [0.15, 0.2) is 5.76 Å². The van der Waals surface area contributed by atoms with Gasteiger partial charge in [0.2, 0.25) is 0 Å². The van der Waals surface area contributed by atoms with E-state index in [9.17, 15) is 13.6 Å². The zero-order valence-corrected chi connectivity index (χ0v) is 18.5. The zero-order chi connectivity index (χ0) is 22.8. The highest BCUT2D eigenvalue weighted by atomic mass is 19.1. The van der Waals surface area contributed by atoms with Gasteiger partial charge in [0, 0.05) is 32.1 Å². The molecule has 1 aromatic heterocycles. The Kier molecular flexibility index (Phi) is 6.37. The Morgan fingerprint density at radius 3 is 1.88 bits per heavy atom. The lowest BCUT2D eigenvalue weighted by Crippen LogP contribution is -2.50. The number of piperazine rings is 1. The van der Waals surface area contributed by atoms with Crippen LogP contribution in [0.15, 0.2) is 53.1 Å². The van der Waals surface area contributed by atoms with Gasteiger partial charge in [0.05, 0.1) is 11.7 Å². The van der Waals surface area contributed by atoms with Gasteiger partial charge in [-0.15, -0.1) is 0 Å². The average molecular weight is 440 g/mol. The van der Waals surface area contributed by atoms with E-state index in [-0.39, 0.29) is 29.5 Å². The van der Waals surface area contributed by atoms with E-state index >= 15 is 0 Å². The summed E-state index contributed by atoms with van der Waals surface area (Å²) in [5.41, 5.74) is 3.02. The van der Waals surface area contributed by atoms with Crippen LogP contribution in [0.2, 0.25) is 0 Å². The average Bonchev–Trinajstić information content (AvgIpc) is 3.18. The molecule has 0 aliphatic carbocycles. The van der Waals surface area contributed by atoms with Crippen molar-refractivity contribution in [3.05, 3.63) is 88.3 Å². The molecule has 4 rings (SSSR count). The monoisotopic (exact) mass is 439 g/mol. The molecule has 0 saturated carbocycles. The second-order valence-corrected chi connectivity index (χ2v) is 8.50. The van der Waals surface area contributed by atoms with Crippen molar-refractivity contribution in [3.63, 3.8) is 0 Å². The summed E-state index contributed by atoms with van der Waals surface area (Å²) in [6, 6.07) is 12.6. The summed E-state index contributed by atoms with van der Waals surface area (Å²) >= 11 is 0. The molecule has 0 atom stereocenters. The summed E-state index contributed by atoms with van der Waals surface area (Å²) in [6.07, 6.45) is 0. The molecule has 0 N–H and O–H groups in total. The summed E-state index contributed by atoms with van der Waals surface area (Å²) < 4.78 is 32.4. The third kappa shape index (κ3) is 4.43. The Morgan fingerprint density at radius 1 is 0.906 bits per heavy atom. The summed E-state index contributed by atoms with van der Waals surface area (Å²) in [4.78, 5) is 17.3. The van der Waals surface area contributed by atoms with Crippen LogP contribution in [0.4, 0.5) is 8.78 Å². The first-order valence-corrected chi connectivity index (χ1v) is 10.9. The number of carbonyl (C=O) groups is 1. The minimum Gasteiger partial charge on any atom is -0.360 e. The third-order valence-corrected chi connectivity index (χ3v) is 5.97. The molecule has 0 spiro atoms. The summed E-state index contributed by atoms with van der Waals surface area (Å²) in [5, 5.41) is 4.00. The smallest absolute Gasteiger partial charge is 0.259 e. The molecular weight excluding hydrogens is 412 g/mol. The molecule has 3 aromatic rings. The van der Waals surface area contributed by atoms with Crippen LogP contribution >= 0.6 is 0 Å². The third-order valence-electron chi connectivity index (χ3n) is 5.97. The fraction of sp³-hybridized carbons (Fsp3) is 0.360. The highest BCUT2D eigenvalue weighted by Gasteiger charge is 2.32. The number of hydrogen-bond donors (Lipinski definition) is 0. The van der Waals surface area contributed by atoms with Gasteiger partial charge in [-0.25, -0.2) is 8.78 Å². The van der Waals surface area contributed by atoms with Crippen LogP contribution in [-0.2, 0) is 0 Å². The van der Waals surface area contributed by atoms with E-state index in [0.29, 0.717) is 43.2 Å². The van der Waals surface area contributed by atoms with Crippen molar-refractivity contribution in [1.29, 1.82) is 0 Å². The molecule has 1 fully saturated rings. The van der Waals surface area contributed by atoms with Gasteiger partial charge >= 0.3 is 0 Å². The molecule has 2 heterocycles. The Bertz CT molecular complexity index is 1020. The molecule has 1 aliphatic rings. The molecule has 1 amide bonds. The Hall–Kier alpha value is -3.06. The number of benzene rings is 2. The fourth-order valence-corrected chi connectivity index (χ4v) is 4.29. The van der Waals surface area contributed by atoms with E-state index in [1.807, 2.05) is 18.7 Å². The van der Waals surface area contributed by atoms with E-state index in [4.69, 9.17) is 4.52 Å². The first kappa shape index (κ1) is 22.1. The molecule has 2 aromatic carbocycles. The van der Waals surface area contributed by atoms with Crippen LogP contribution in [-0.4, -0.2) is 47.0 Å². The number of aromatic nitrogens is 1. The molecule has 1 saturated heterocycles. The predicted octanol–water partition coefficient (Wildman–Crippen LogP) is 4.93. The highest BCUT2D eigenvalue weighted by Crippen LogP contribution is 2.31. The van der Waals surface area contributed by atoms with Crippen molar-refractivity contribution in [1.82, 2.24) is 15.0 Å². The van der Waals surface area contributed by atoms with Gasteiger partial charge in [-0.05, 0) is 42.3 Å². The van der Waals surface area contributed by atoms with Crippen LogP contribution in [0.1, 0.15) is 58.7 Å². The van der Waals surface area contributed by atoms with Crippen molar-refractivity contribution in [2.75, 3.05) is 26.2 Å². The molecular formula is C25H27F2N3O2. The summed E-state index contributed by atoms with van der Waals surface area (Å²) in [7, 11) is 0. The first-order chi connectivity index (χ1) is 15.3. The van der Waals surface area contributed by atoms with Gasteiger partial charge in [-0.2, -0.15) is 0 Å². The van der Waals surface area contributed by atoms with Gasteiger partial charge in [0.25, 0.3) is 5.91 Å². The summed E-state index contributed by atoms with van der Waals surface area (Å²) in [5.74, 6) is 0.0227. The Balaban J connectivity index is 1.55. The second kappa shape index (κ2) is 9.20. The van der Waals surface area contributed by atoms with Crippen molar-refractivity contribution >= 4 is 5.91 Å². The molecule has 7 heteroatoms. The predicted molar refractivity (Wildman–Crippen MR) is 117 cm³/mol. The van der Waals surface area contributed by atoms with Gasteiger partial charge in [0.1, 0.15) is 17.2 Å². The zero-order valence-electron chi connectivity index (χ0n) is 18.5. The van der Waals surface area contributed by atoms with Crippen LogP contribution in [0.25, 0.3) is 0 Å². The topological polar surface area (TPSA) is 49.6 Å². The van der Waals surface area contributed by atoms with E-state index in [1.54, 1.807) is 31.2 Å². The number of nitrogens with zero attached hydrogens (tertiary/aromatic N) is 3. The standard InChI is InChI=1S/C25H27F2N3O2/c1-16(2)24-22(17(3)28-32-24)25(31)30-14-12-29(13-15-30)23(18-4-8-20(26)9-5-18)19-6-10-21(27)11-7-19/h4-11,16,23H,12-15H2,1-3H3. The number of carbonyl (C=O) groups excluding carboxylic acids is 1. The first-order valence-electron chi connectivity index (χ1n) is 10.9.